The molecule has 0 saturated carbocycles. The van der Waals surface area contributed by atoms with Crippen molar-refractivity contribution in [1.29, 1.82) is 0 Å². The molecule has 33 heavy (non-hydrogen) atoms. The lowest BCUT2D eigenvalue weighted by Crippen LogP contribution is -2.54. The summed E-state index contributed by atoms with van der Waals surface area (Å²) in [5.41, 5.74) is 0.365. The van der Waals surface area contributed by atoms with Gasteiger partial charge in [0.15, 0.2) is 23.6 Å². The van der Waals surface area contributed by atoms with Crippen molar-refractivity contribution in [1.82, 2.24) is 5.32 Å². The lowest BCUT2D eigenvalue weighted by atomic mass is 10.0. The Bertz CT molecular complexity index is 946. The quantitative estimate of drug-likeness (QED) is 0.118. The molecule has 0 fully saturated rings. The monoisotopic (exact) mass is 499 g/mol. The van der Waals surface area contributed by atoms with Gasteiger partial charge in [-0.2, -0.15) is 25.3 Å². The summed E-state index contributed by atoms with van der Waals surface area (Å²) in [4.78, 5) is 58.7. The number of aliphatic carboxylic acids is 1. The minimum atomic E-state index is -1.55. The largest absolute Gasteiger partial charge is 0.480 e. The molecule has 12 heteroatoms. The van der Waals surface area contributed by atoms with E-state index in [0.29, 0.717) is 5.56 Å². The summed E-state index contributed by atoms with van der Waals surface area (Å²) in [5, 5.41) is 11.8. The van der Waals surface area contributed by atoms with Gasteiger partial charge in [-0.1, -0.05) is 12.1 Å². The van der Waals surface area contributed by atoms with E-state index in [4.69, 9.17) is 14.2 Å². The van der Waals surface area contributed by atoms with Crippen LogP contribution in [0, 0.1) is 0 Å². The van der Waals surface area contributed by atoms with Gasteiger partial charge in [-0.05, 0) is 24.1 Å². The lowest BCUT2D eigenvalue weighted by molar-refractivity contribution is -0.155. The van der Waals surface area contributed by atoms with E-state index in [-0.39, 0.29) is 24.3 Å². The van der Waals surface area contributed by atoms with E-state index in [1.54, 1.807) is 0 Å². The Morgan fingerprint density at radius 1 is 1.06 bits per heavy atom. The molecule has 0 heterocycles. The van der Waals surface area contributed by atoms with E-state index in [1.807, 2.05) is 0 Å². The number of carbonyl (C=O) groups excluding carboxylic acids is 4. The first kappa shape index (κ1) is 28.0. The van der Waals surface area contributed by atoms with Gasteiger partial charge in [0.2, 0.25) is 0 Å². The van der Waals surface area contributed by atoms with Crippen molar-refractivity contribution in [3.63, 3.8) is 0 Å². The fourth-order valence-corrected chi connectivity index (χ4v) is 3.30. The van der Waals surface area contributed by atoms with Crippen LogP contribution in [0.15, 0.2) is 30.9 Å². The molecule has 1 amide bonds. The maximum Gasteiger partial charge on any atom is 0.328 e. The maximum absolute atomic E-state index is 12.8. The molecule has 1 aromatic rings. The Morgan fingerprint density at radius 3 is 2.12 bits per heavy atom. The Hall–Kier alpha value is -2.99. The number of carbonyl (C=O) groups is 5. The number of allylic oxidation sites excluding steroid dienone is 1. The van der Waals surface area contributed by atoms with Gasteiger partial charge in [0.25, 0.3) is 5.91 Å². The summed E-state index contributed by atoms with van der Waals surface area (Å²) >= 11 is 8.39. The van der Waals surface area contributed by atoms with Crippen LogP contribution < -0.4 is 14.8 Å². The zero-order chi connectivity index (χ0) is 25.3. The summed E-state index contributed by atoms with van der Waals surface area (Å²) < 4.78 is 13.6. The van der Waals surface area contributed by atoms with Crippen molar-refractivity contribution >= 4 is 55.0 Å². The molecular weight excluding hydrogens is 474 g/mol. The Labute approximate surface area is 201 Å². The lowest BCUT2D eigenvalue weighted by Gasteiger charge is -2.30. The van der Waals surface area contributed by atoms with Crippen molar-refractivity contribution in [2.45, 2.75) is 49.8 Å². The fourth-order valence-electron chi connectivity index (χ4n) is 2.70. The molecule has 0 aliphatic rings. The molecule has 0 aliphatic carbocycles. The summed E-state index contributed by atoms with van der Waals surface area (Å²) in [6.45, 7) is 6.91. The number of ether oxygens (including phenoxy) is 3. The first-order valence-electron chi connectivity index (χ1n) is 9.52. The van der Waals surface area contributed by atoms with E-state index in [2.05, 4.69) is 37.2 Å². The second-order valence-corrected chi connectivity index (χ2v) is 8.87. The number of rotatable bonds is 11. The van der Waals surface area contributed by atoms with Crippen LogP contribution >= 0.6 is 25.3 Å². The Kier molecular flexibility index (Phi) is 10.5. The number of benzene rings is 1. The molecule has 2 atom stereocenters. The van der Waals surface area contributed by atoms with Crippen LogP contribution in [0.25, 0.3) is 0 Å². The van der Waals surface area contributed by atoms with Crippen molar-refractivity contribution in [2.75, 3.05) is 0 Å². The molecule has 10 nitrogen and oxygen atoms in total. The minimum absolute atomic E-state index is 0.0276. The van der Waals surface area contributed by atoms with Gasteiger partial charge >= 0.3 is 23.9 Å². The van der Waals surface area contributed by atoms with E-state index in [1.165, 1.54) is 31.2 Å². The molecule has 0 saturated heterocycles. The van der Waals surface area contributed by atoms with Crippen LogP contribution in [-0.4, -0.2) is 51.1 Å². The zero-order valence-electron chi connectivity index (χ0n) is 18.2. The standard InChI is InChI=1S/C21H25NO9S2/c1-5-8-21(32,33)18(20(27)28)22-19(26)17(31-13(4)25)10-14-6-7-15(29-11(2)23)16(9-14)30-12(3)24/h5-7,9,17-18,32-33H,1,8,10H2,2-4H3,(H,22,26)(H,27,28)/t17?,18-/m1/s1. The average molecular weight is 500 g/mol. The minimum Gasteiger partial charge on any atom is -0.480 e. The third-order valence-corrected chi connectivity index (χ3v) is 4.86. The number of carboxylic acid groups (broad SMARTS) is 1. The van der Waals surface area contributed by atoms with Gasteiger partial charge in [0.1, 0.15) is 0 Å². The third kappa shape index (κ3) is 9.18. The molecule has 0 spiro atoms. The predicted molar refractivity (Wildman–Crippen MR) is 123 cm³/mol. The summed E-state index contributed by atoms with van der Waals surface area (Å²) in [7, 11) is 0. The zero-order valence-corrected chi connectivity index (χ0v) is 20.0. The van der Waals surface area contributed by atoms with Crippen LogP contribution in [0.5, 0.6) is 11.5 Å². The highest BCUT2D eigenvalue weighted by Crippen LogP contribution is 2.31. The molecule has 1 rings (SSSR count). The van der Waals surface area contributed by atoms with Crippen LogP contribution in [0.2, 0.25) is 0 Å². The fraction of sp³-hybridized carbons (Fsp3) is 0.381. The first-order chi connectivity index (χ1) is 15.3. The second kappa shape index (κ2) is 12.3. The first-order valence-corrected chi connectivity index (χ1v) is 10.4. The van der Waals surface area contributed by atoms with E-state index in [9.17, 15) is 29.1 Å². The molecule has 2 N–H and O–H groups in total. The SMILES string of the molecule is C=CCC(S)(S)[C@H](NC(=O)C(Cc1ccc(OC(C)=O)c(OC(C)=O)c1)OC(C)=O)C(=O)O. The molecule has 1 aromatic carbocycles. The van der Waals surface area contributed by atoms with Crippen LogP contribution in [0.4, 0.5) is 0 Å². The topological polar surface area (TPSA) is 145 Å². The van der Waals surface area contributed by atoms with E-state index in [0.717, 1.165) is 13.8 Å². The van der Waals surface area contributed by atoms with E-state index < -0.39 is 46.0 Å². The predicted octanol–water partition coefficient (Wildman–Crippen LogP) is 1.71. The number of amides is 1. The van der Waals surface area contributed by atoms with Gasteiger partial charge in [0, 0.05) is 27.2 Å². The van der Waals surface area contributed by atoms with Crippen molar-refractivity contribution in [3.05, 3.63) is 36.4 Å². The van der Waals surface area contributed by atoms with Gasteiger partial charge < -0.3 is 24.6 Å². The van der Waals surface area contributed by atoms with Crippen molar-refractivity contribution in [3.8, 4) is 11.5 Å². The van der Waals surface area contributed by atoms with Gasteiger partial charge in [-0.15, -0.1) is 6.58 Å². The number of thiol groups is 2. The number of esters is 3. The number of hydrogen-bond donors (Lipinski definition) is 4. The molecule has 0 bridgehead atoms. The number of hydrogen-bond acceptors (Lipinski definition) is 10. The number of nitrogens with one attached hydrogen (secondary N) is 1. The Morgan fingerprint density at radius 2 is 1.64 bits per heavy atom. The van der Waals surface area contributed by atoms with Crippen LogP contribution in [-0.2, 0) is 35.1 Å². The van der Waals surface area contributed by atoms with Gasteiger partial charge in [0.05, 0.1) is 4.08 Å². The summed E-state index contributed by atoms with van der Waals surface area (Å²) in [6.07, 6.45) is -0.208. The summed E-state index contributed by atoms with van der Waals surface area (Å²) in [6, 6.07) is 2.59. The van der Waals surface area contributed by atoms with Crippen molar-refractivity contribution in [2.24, 2.45) is 0 Å². The van der Waals surface area contributed by atoms with Gasteiger partial charge in [-0.3, -0.25) is 19.2 Å². The molecule has 1 unspecified atom stereocenters. The highest BCUT2D eigenvalue weighted by molar-refractivity contribution is 8.00. The van der Waals surface area contributed by atoms with Crippen molar-refractivity contribution < 1.29 is 43.3 Å². The third-order valence-electron chi connectivity index (χ3n) is 3.98. The molecule has 0 aromatic heterocycles. The molecular formula is C21H25NO9S2. The van der Waals surface area contributed by atoms with Crippen LogP contribution in [0.1, 0.15) is 32.8 Å². The smallest absolute Gasteiger partial charge is 0.328 e. The number of carboxylic acids is 1. The highest BCUT2D eigenvalue weighted by atomic mass is 32.2. The normalized spacial score (nSPS) is 12.6. The second-order valence-electron chi connectivity index (χ2n) is 6.92. The van der Waals surface area contributed by atoms with Gasteiger partial charge in [-0.25, -0.2) is 4.79 Å². The van der Waals surface area contributed by atoms with E-state index >= 15 is 0 Å². The molecule has 0 aliphatic heterocycles. The summed E-state index contributed by atoms with van der Waals surface area (Å²) in [5.74, 6) is -4.54. The molecule has 180 valence electrons. The van der Waals surface area contributed by atoms with Crippen LogP contribution in [0.3, 0.4) is 0 Å². The molecule has 0 radical (unpaired) electrons. The maximum atomic E-state index is 12.8. The highest BCUT2D eigenvalue weighted by Gasteiger charge is 2.39. The Balaban J connectivity index is 3.23. The average Bonchev–Trinajstić information content (AvgIpc) is 2.65.